The van der Waals surface area contributed by atoms with Crippen LogP contribution in [0, 0.1) is 0 Å². The van der Waals surface area contributed by atoms with Gasteiger partial charge in [0.15, 0.2) is 0 Å². The Morgan fingerprint density at radius 1 is 1.09 bits per heavy atom. The second kappa shape index (κ2) is 6.30. The van der Waals surface area contributed by atoms with Crippen LogP contribution in [-0.2, 0) is 6.18 Å². The summed E-state index contributed by atoms with van der Waals surface area (Å²) in [5.74, 6) is 0. The molecular weight excluding hydrogens is 295 g/mol. The van der Waals surface area contributed by atoms with Gasteiger partial charge in [-0.05, 0) is 28.8 Å². The van der Waals surface area contributed by atoms with Gasteiger partial charge >= 0.3 is 12.2 Å². The Labute approximate surface area is 124 Å². The van der Waals surface area contributed by atoms with Crippen molar-refractivity contribution < 1.29 is 18.0 Å². The molecule has 0 aliphatic carbocycles. The van der Waals surface area contributed by atoms with Gasteiger partial charge in [-0.3, -0.25) is 0 Å². The first-order chi connectivity index (χ1) is 10.4. The number of hydrogen-bond donors (Lipinski definition) is 2. The molecule has 0 atom stereocenters. The summed E-state index contributed by atoms with van der Waals surface area (Å²) in [4.78, 5) is 10.4. The molecule has 0 aliphatic heterocycles. The lowest BCUT2D eigenvalue weighted by molar-refractivity contribution is -0.137. The van der Waals surface area contributed by atoms with Crippen LogP contribution in [0.15, 0.2) is 53.6 Å². The first-order valence-electron chi connectivity index (χ1n) is 6.22. The largest absolute Gasteiger partial charge is 0.416 e. The molecule has 0 bridgehead atoms. The minimum atomic E-state index is -4.37. The van der Waals surface area contributed by atoms with E-state index in [1.165, 1.54) is 12.3 Å². The second-order valence-corrected chi connectivity index (χ2v) is 4.43. The van der Waals surface area contributed by atoms with E-state index in [-0.39, 0.29) is 0 Å². The van der Waals surface area contributed by atoms with Crippen molar-refractivity contribution in [2.45, 2.75) is 6.18 Å². The number of alkyl halides is 3. The van der Waals surface area contributed by atoms with Crippen LogP contribution >= 0.6 is 0 Å². The molecule has 22 heavy (non-hydrogen) atoms. The number of amides is 2. The quantitative estimate of drug-likeness (QED) is 0.662. The molecule has 0 spiro atoms. The monoisotopic (exact) mass is 307 g/mol. The maximum Gasteiger partial charge on any atom is 0.416 e. The number of hydrogen-bond acceptors (Lipinski definition) is 2. The number of halogens is 3. The van der Waals surface area contributed by atoms with E-state index in [1.54, 1.807) is 30.3 Å². The van der Waals surface area contributed by atoms with Crippen molar-refractivity contribution in [1.82, 2.24) is 5.43 Å². The highest BCUT2D eigenvalue weighted by Gasteiger charge is 2.30. The van der Waals surface area contributed by atoms with E-state index in [2.05, 4.69) is 5.10 Å². The summed E-state index contributed by atoms with van der Waals surface area (Å²) in [6, 6.07) is 11.0. The van der Waals surface area contributed by atoms with E-state index in [4.69, 9.17) is 5.73 Å². The van der Waals surface area contributed by atoms with Gasteiger partial charge < -0.3 is 5.73 Å². The van der Waals surface area contributed by atoms with Crippen molar-refractivity contribution in [3.05, 3.63) is 59.7 Å². The van der Waals surface area contributed by atoms with E-state index in [9.17, 15) is 18.0 Å². The highest BCUT2D eigenvalue weighted by molar-refractivity contribution is 5.82. The number of nitrogens with zero attached hydrogens (tertiary/aromatic N) is 1. The average molecular weight is 307 g/mol. The van der Waals surface area contributed by atoms with Crippen LogP contribution in [0.2, 0.25) is 0 Å². The van der Waals surface area contributed by atoms with E-state index in [0.29, 0.717) is 16.7 Å². The minimum absolute atomic E-state index is 0.466. The number of hydrazone groups is 1. The number of benzene rings is 2. The summed E-state index contributed by atoms with van der Waals surface area (Å²) in [6.45, 7) is 0. The number of rotatable bonds is 3. The number of urea groups is 1. The third-order valence-corrected chi connectivity index (χ3v) is 2.82. The van der Waals surface area contributed by atoms with Gasteiger partial charge in [0.25, 0.3) is 0 Å². The standard InChI is InChI=1S/C15H12F3N3O/c16-15(17,18)13-3-1-2-12(8-13)11-6-4-10(5-7-11)9-20-21-14(19)22/h1-9H,(H3,19,21,22). The summed E-state index contributed by atoms with van der Waals surface area (Å²) >= 11 is 0. The Hall–Kier alpha value is -2.83. The topological polar surface area (TPSA) is 67.5 Å². The molecule has 4 nitrogen and oxygen atoms in total. The summed E-state index contributed by atoms with van der Waals surface area (Å²) in [5.41, 5.74) is 7.99. The van der Waals surface area contributed by atoms with Crippen LogP contribution < -0.4 is 11.2 Å². The Morgan fingerprint density at radius 2 is 1.77 bits per heavy atom. The molecule has 0 heterocycles. The molecule has 0 aromatic heterocycles. The van der Waals surface area contributed by atoms with Crippen LogP contribution in [-0.4, -0.2) is 12.2 Å². The summed E-state index contributed by atoms with van der Waals surface area (Å²) in [6.07, 6.45) is -3.00. The molecule has 0 aliphatic rings. The van der Waals surface area contributed by atoms with Crippen LogP contribution in [0.1, 0.15) is 11.1 Å². The molecule has 2 amide bonds. The minimum Gasteiger partial charge on any atom is -0.350 e. The Bertz CT molecular complexity index is 694. The summed E-state index contributed by atoms with van der Waals surface area (Å²) in [7, 11) is 0. The van der Waals surface area contributed by atoms with Gasteiger partial charge in [-0.1, -0.05) is 36.4 Å². The number of nitrogens with one attached hydrogen (secondary N) is 1. The Kier molecular flexibility index (Phi) is 4.45. The summed E-state index contributed by atoms with van der Waals surface area (Å²) < 4.78 is 38.1. The smallest absolute Gasteiger partial charge is 0.350 e. The molecule has 0 fully saturated rings. The van der Waals surface area contributed by atoms with E-state index >= 15 is 0 Å². The normalized spacial score (nSPS) is 11.6. The van der Waals surface area contributed by atoms with Crippen LogP contribution in [0.4, 0.5) is 18.0 Å². The SMILES string of the molecule is NC(=O)NN=Cc1ccc(-c2cccc(C(F)(F)F)c2)cc1. The molecule has 2 aromatic carbocycles. The van der Waals surface area contributed by atoms with E-state index < -0.39 is 17.8 Å². The van der Waals surface area contributed by atoms with Crippen molar-refractivity contribution in [2.24, 2.45) is 10.8 Å². The van der Waals surface area contributed by atoms with Gasteiger partial charge in [-0.25, -0.2) is 10.2 Å². The lowest BCUT2D eigenvalue weighted by Gasteiger charge is -2.09. The zero-order valence-electron chi connectivity index (χ0n) is 11.3. The average Bonchev–Trinajstić information content (AvgIpc) is 2.47. The van der Waals surface area contributed by atoms with Gasteiger partial charge in [0.2, 0.25) is 0 Å². The first kappa shape index (κ1) is 15.6. The van der Waals surface area contributed by atoms with Crippen molar-refractivity contribution in [3.8, 4) is 11.1 Å². The molecule has 2 rings (SSSR count). The molecule has 0 unspecified atom stereocenters. The summed E-state index contributed by atoms with van der Waals surface area (Å²) in [5, 5.41) is 3.59. The second-order valence-electron chi connectivity index (χ2n) is 4.43. The highest BCUT2D eigenvalue weighted by atomic mass is 19.4. The van der Waals surface area contributed by atoms with Gasteiger partial charge in [-0.2, -0.15) is 18.3 Å². The molecule has 0 saturated heterocycles. The van der Waals surface area contributed by atoms with E-state index in [0.717, 1.165) is 12.1 Å². The van der Waals surface area contributed by atoms with Gasteiger partial charge in [0, 0.05) is 0 Å². The molecule has 3 N–H and O–H groups in total. The van der Waals surface area contributed by atoms with Gasteiger partial charge in [-0.15, -0.1) is 0 Å². The number of nitrogens with two attached hydrogens (primary N) is 1. The fourth-order valence-corrected chi connectivity index (χ4v) is 1.81. The predicted molar refractivity (Wildman–Crippen MR) is 77.2 cm³/mol. The lowest BCUT2D eigenvalue weighted by atomic mass is 10.0. The zero-order chi connectivity index (χ0) is 16.2. The lowest BCUT2D eigenvalue weighted by Crippen LogP contribution is -2.24. The zero-order valence-corrected chi connectivity index (χ0v) is 11.3. The Balaban J connectivity index is 2.20. The number of carbonyl (C=O) groups excluding carboxylic acids is 1. The van der Waals surface area contributed by atoms with Crippen LogP contribution in [0.5, 0.6) is 0 Å². The molecular formula is C15H12F3N3O. The Morgan fingerprint density at radius 3 is 2.36 bits per heavy atom. The fraction of sp³-hybridized carbons (Fsp3) is 0.0667. The third-order valence-electron chi connectivity index (χ3n) is 2.82. The molecule has 0 saturated carbocycles. The predicted octanol–water partition coefficient (Wildman–Crippen LogP) is 3.37. The maximum atomic E-state index is 12.7. The molecule has 114 valence electrons. The highest BCUT2D eigenvalue weighted by Crippen LogP contribution is 2.32. The van der Waals surface area contributed by atoms with E-state index in [1.807, 2.05) is 5.43 Å². The van der Waals surface area contributed by atoms with Gasteiger partial charge in [0.05, 0.1) is 11.8 Å². The van der Waals surface area contributed by atoms with Crippen molar-refractivity contribution in [1.29, 1.82) is 0 Å². The molecule has 7 heteroatoms. The van der Waals surface area contributed by atoms with Crippen molar-refractivity contribution >= 4 is 12.2 Å². The molecule has 2 aromatic rings. The third kappa shape index (κ3) is 4.08. The van der Waals surface area contributed by atoms with Gasteiger partial charge in [0.1, 0.15) is 0 Å². The van der Waals surface area contributed by atoms with Crippen molar-refractivity contribution in [2.75, 3.05) is 0 Å². The van der Waals surface area contributed by atoms with Crippen LogP contribution in [0.3, 0.4) is 0 Å². The van der Waals surface area contributed by atoms with Crippen molar-refractivity contribution in [3.63, 3.8) is 0 Å². The first-order valence-corrected chi connectivity index (χ1v) is 6.22. The maximum absolute atomic E-state index is 12.7. The molecule has 0 radical (unpaired) electrons. The fourth-order valence-electron chi connectivity index (χ4n) is 1.81. The number of carbonyl (C=O) groups is 1. The number of primary amides is 1. The van der Waals surface area contributed by atoms with Crippen LogP contribution in [0.25, 0.3) is 11.1 Å².